The lowest BCUT2D eigenvalue weighted by Gasteiger charge is -2.17. The predicted molar refractivity (Wildman–Crippen MR) is 153 cm³/mol. The van der Waals surface area contributed by atoms with E-state index in [1.807, 2.05) is 18.2 Å². The minimum Gasteiger partial charge on any atom is -0.245 e. The first-order chi connectivity index (χ1) is 16.4. The summed E-state index contributed by atoms with van der Waals surface area (Å²) in [5, 5.41) is 2.43. The first kappa shape index (κ1) is 23.2. The van der Waals surface area contributed by atoms with Crippen LogP contribution in [-0.2, 0) is 0 Å². The summed E-state index contributed by atoms with van der Waals surface area (Å²) in [4.78, 5) is 10.6. The topological polar surface area (TPSA) is 24.7 Å². The Morgan fingerprint density at radius 2 is 1.00 bits per heavy atom. The van der Waals surface area contributed by atoms with E-state index in [1.54, 1.807) is 0 Å². The van der Waals surface area contributed by atoms with E-state index in [0.717, 1.165) is 42.9 Å². The highest BCUT2D eigenvalue weighted by Gasteiger charge is 2.28. The number of nitrogens with zero attached hydrogens (tertiary/aromatic N) is 2. The zero-order chi connectivity index (χ0) is 24.0. The Morgan fingerprint density at radius 1 is 0.559 bits per heavy atom. The molecule has 0 aromatic heterocycles. The zero-order valence-corrected chi connectivity index (χ0v) is 22.9. The molecule has 4 aromatic rings. The van der Waals surface area contributed by atoms with Crippen molar-refractivity contribution < 1.29 is 0 Å². The summed E-state index contributed by atoms with van der Waals surface area (Å²) in [7, 11) is 0. The van der Waals surface area contributed by atoms with E-state index in [4.69, 9.17) is 9.98 Å². The largest absolute Gasteiger partial charge is 0.245 e. The van der Waals surface area contributed by atoms with Crippen LogP contribution in [0.1, 0.15) is 61.8 Å². The molecule has 0 spiro atoms. The van der Waals surface area contributed by atoms with Gasteiger partial charge >= 0.3 is 0 Å². The molecule has 5 rings (SSSR count). The first-order valence-electron chi connectivity index (χ1n) is 11.6. The van der Waals surface area contributed by atoms with Crippen LogP contribution in [-0.4, -0.2) is 11.4 Å². The summed E-state index contributed by atoms with van der Waals surface area (Å²) in [6.45, 7) is 8.95. The molecule has 1 aliphatic rings. The highest BCUT2D eigenvalue weighted by Crippen LogP contribution is 2.40. The second-order valence-electron chi connectivity index (χ2n) is 9.29. The highest BCUT2D eigenvalue weighted by molar-refractivity contribution is 9.11. The van der Waals surface area contributed by atoms with Crippen LogP contribution in [0.3, 0.4) is 0 Å². The van der Waals surface area contributed by atoms with Crippen LogP contribution in [0, 0.1) is 0 Å². The molecule has 0 saturated carbocycles. The summed E-state index contributed by atoms with van der Waals surface area (Å²) in [6.07, 6.45) is 0. The maximum absolute atomic E-state index is 5.43. The lowest BCUT2D eigenvalue weighted by Crippen LogP contribution is -2.11. The lowest BCUT2D eigenvalue weighted by molar-refractivity contribution is 0.835. The zero-order valence-electron chi connectivity index (χ0n) is 19.7. The maximum Gasteiger partial charge on any atom is 0.0979 e. The molecule has 34 heavy (non-hydrogen) atoms. The molecular weight excluding hydrogens is 548 g/mol. The van der Waals surface area contributed by atoms with E-state index in [-0.39, 0.29) is 0 Å². The molecule has 4 aromatic carbocycles. The second-order valence-corrected chi connectivity index (χ2v) is 11.0. The van der Waals surface area contributed by atoms with Gasteiger partial charge < -0.3 is 0 Å². The molecule has 2 nitrogen and oxygen atoms in total. The molecule has 0 aliphatic heterocycles. The lowest BCUT2D eigenvalue weighted by atomic mass is 9.92. The van der Waals surface area contributed by atoms with Gasteiger partial charge in [0.2, 0.25) is 0 Å². The summed E-state index contributed by atoms with van der Waals surface area (Å²) < 4.78 is 1.89. The van der Waals surface area contributed by atoms with Gasteiger partial charge in [-0.05, 0) is 72.3 Å². The van der Waals surface area contributed by atoms with Crippen LogP contribution in [0.15, 0.2) is 91.7 Å². The van der Waals surface area contributed by atoms with Gasteiger partial charge in [0.15, 0.2) is 0 Å². The quantitative estimate of drug-likeness (QED) is 0.232. The molecule has 0 radical (unpaired) electrons. The van der Waals surface area contributed by atoms with E-state index in [1.165, 1.54) is 21.9 Å². The molecule has 0 amide bonds. The fourth-order valence-corrected chi connectivity index (χ4v) is 5.85. The third kappa shape index (κ3) is 3.97. The Kier molecular flexibility index (Phi) is 6.30. The number of benzene rings is 4. The number of hydrogen-bond acceptors (Lipinski definition) is 2. The van der Waals surface area contributed by atoms with Crippen LogP contribution in [0.2, 0.25) is 0 Å². The van der Waals surface area contributed by atoms with Crippen molar-refractivity contribution in [2.75, 3.05) is 0 Å². The Labute approximate surface area is 218 Å². The SMILES string of the molecule is CC(C)c1cccc(C(C)C)c1N=C1C(=Nc2c(Br)cccc2Br)c2cccc3cccc1c23. The van der Waals surface area contributed by atoms with Crippen molar-refractivity contribution in [1.29, 1.82) is 0 Å². The Morgan fingerprint density at radius 3 is 1.50 bits per heavy atom. The van der Waals surface area contributed by atoms with Crippen molar-refractivity contribution in [2.45, 2.75) is 39.5 Å². The third-order valence-corrected chi connectivity index (χ3v) is 7.65. The van der Waals surface area contributed by atoms with Gasteiger partial charge in [-0.3, -0.25) is 0 Å². The monoisotopic (exact) mass is 572 g/mol. The summed E-state index contributed by atoms with van der Waals surface area (Å²) in [5.74, 6) is 0.742. The van der Waals surface area contributed by atoms with Gasteiger partial charge in [-0.2, -0.15) is 0 Å². The molecular formula is C30H26Br2N2. The summed E-state index contributed by atoms with van der Waals surface area (Å²) in [6, 6.07) is 25.5. The van der Waals surface area contributed by atoms with Crippen molar-refractivity contribution in [3.8, 4) is 0 Å². The molecule has 170 valence electrons. The standard InChI is InChI=1S/C30H26Br2N2/c1-17(2)20-11-7-12-21(18(3)4)27(20)33-28-22-13-5-9-19-10-6-14-23(26(19)22)29(28)34-30-24(31)15-8-16-25(30)32/h5-18H,1-4H3. The van der Waals surface area contributed by atoms with Gasteiger partial charge in [-0.1, -0.05) is 88.4 Å². The minimum atomic E-state index is 0.371. The molecule has 0 bridgehead atoms. The van der Waals surface area contributed by atoms with Crippen LogP contribution in [0.4, 0.5) is 11.4 Å². The smallest absolute Gasteiger partial charge is 0.0979 e. The average Bonchev–Trinajstić information content (AvgIpc) is 3.10. The van der Waals surface area contributed by atoms with Crippen molar-refractivity contribution in [3.05, 3.63) is 104 Å². The van der Waals surface area contributed by atoms with E-state index >= 15 is 0 Å². The van der Waals surface area contributed by atoms with E-state index in [2.05, 4.69) is 114 Å². The van der Waals surface area contributed by atoms with Crippen LogP contribution < -0.4 is 0 Å². The van der Waals surface area contributed by atoms with Crippen molar-refractivity contribution in [1.82, 2.24) is 0 Å². The summed E-state index contributed by atoms with van der Waals surface area (Å²) >= 11 is 7.40. The second kappa shape index (κ2) is 9.24. The normalized spacial score (nSPS) is 15.4. The van der Waals surface area contributed by atoms with Gasteiger partial charge in [-0.15, -0.1) is 0 Å². The molecule has 0 atom stereocenters. The Balaban J connectivity index is 1.86. The molecule has 1 aliphatic carbocycles. The average molecular weight is 574 g/mol. The molecule has 0 N–H and O–H groups in total. The number of hydrogen-bond donors (Lipinski definition) is 0. The van der Waals surface area contributed by atoms with Crippen molar-refractivity contribution in [2.24, 2.45) is 9.98 Å². The summed E-state index contributed by atoms with van der Waals surface area (Å²) in [5.41, 5.74) is 8.59. The number of rotatable bonds is 4. The van der Waals surface area contributed by atoms with Crippen molar-refractivity contribution >= 4 is 65.4 Å². The molecule has 0 heterocycles. The molecule has 4 heteroatoms. The maximum atomic E-state index is 5.43. The van der Waals surface area contributed by atoms with Crippen molar-refractivity contribution in [3.63, 3.8) is 0 Å². The van der Waals surface area contributed by atoms with Gasteiger partial charge in [0.05, 0.1) is 22.8 Å². The van der Waals surface area contributed by atoms with Gasteiger partial charge in [-0.25, -0.2) is 9.98 Å². The van der Waals surface area contributed by atoms with E-state index in [0.29, 0.717) is 11.8 Å². The van der Waals surface area contributed by atoms with E-state index < -0.39 is 0 Å². The van der Waals surface area contributed by atoms with Gasteiger partial charge in [0, 0.05) is 25.5 Å². The minimum absolute atomic E-state index is 0.371. The number of halogens is 2. The third-order valence-electron chi connectivity index (χ3n) is 6.37. The Hall–Kier alpha value is -2.56. The van der Waals surface area contributed by atoms with E-state index in [9.17, 15) is 0 Å². The van der Waals surface area contributed by atoms with Gasteiger partial charge in [0.25, 0.3) is 0 Å². The predicted octanol–water partition coefficient (Wildman–Crippen LogP) is 9.87. The Bertz CT molecular complexity index is 1430. The number of aliphatic imine (C=N–C) groups is 2. The van der Waals surface area contributed by atoms with Crippen LogP contribution >= 0.6 is 31.9 Å². The molecule has 0 fully saturated rings. The fraction of sp³-hybridized carbons (Fsp3) is 0.200. The highest BCUT2D eigenvalue weighted by atomic mass is 79.9. The molecule has 0 unspecified atom stereocenters. The van der Waals surface area contributed by atoms with Crippen LogP contribution in [0.25, 0.3) is 10.8 Å². The van der Waals surface area contributed by atoms with Crippen LogP contribution in [0.5, 0.6) is 0 Å². The fourth-order valence-electron chi connectivity index (χ4n) is 4.68. The number of para-hydroxylation sites is 2. The molecule has 0 saturated heterocycles. The van der Waals surface area contributed by atoms with Gasteiger partial charge in [0.1, 0.15) is 0 Å². The first-order valence-corrected chi connectivity index (χ1v) is 13.2.